The first kappa shape index (κ1) is 21.8. The Balaban J connectivity index is 1.51. The minimum absolute atomic E-state index is 0.00348. The Morgan fingerprint density at radius 2 is 1.85 bits per heavy atom. The van der Waals surface area contributed by atoms with Crippen molar-refractivity contribution >= 4 is 17.0 Å². The lowest BCUT2D eigenvalue weighted by Crippen LogP contribution is -2.33. The van der Waals surface area contributed by atoms with E-state index >= 15 is 0 Å². The zero-order chi connectivity index (χ0) is 23.3. The molecular weight excluding hydrogens is 410 g/mol. The minimum atomic E-state index is 0.00348. The standard InChI is InChI=1S/C27H33N5O/c1-17-6-7-25-18(2)12-22(21-8-10-30(5)11-9-21)16-31(25)27(33)13-23(17)24-14-26-20(4)28-19(3)15-32(26)29-24/h7,12-17,21H,6,8-11H2,1-5H3. The molecule has 0 aromatic carbocycles. The van der Waals surface area contributed by atoms with Crippen LogP contribution >= 0.6 is 0 Å². The van der Waals surface area contributed by atoms with Gasteiger partial charge in [-0.3, -0.25) is 14.7 Å². The van der Waals surface area contributed by atoms with Crippen LogP contribution in [0.1, 0.15) is 50.2 Å². The van der Waals surface area contributed by atoms with Crippen molar-refractivity contribution < 1.29 is 4.79 Å². The molecule has 1 saturated heterocycles. The van der Waals surface area contributed by atoms with E-state index in [1.165, 1.54) is 11.1 Å². The van der Waals surface area contributed by atoms with Gasteiger partial charge in [-0.1, -0.05) is 19.1 Å². The molecule has 1 atom stereocenters. The van der Waals surface area contributed by atoms with Gasteiger partial charge >= 0.3 is 0 Å². The van der Waals surface area contributed by atoms with E-state index in [-0.39, 0.29) is 11.8 Å². The molecule has 3 aliphatic heterocycles. The largest absolute Gasteiger partial charge is 0.306 e. The fourth-order valence-corrected chi connectivity index (χ4v) is 5.30. The highest BCUT2D eigenvalue weighted by molar-refractivity contribution is 5.98. The van der Waals surface area contributed by atoms with Crippen LogP contribution in [-0.2, 0) is 4.79 Å². The minimum Gasteiger partial charge on any atom is -0.306 e. The first-order valence-electron chi connectivity index (χ1n) is 12.0. The molecule has 1 amide bonds. The molecule has 2 aromatic rings. The number of fused-ring (bicyclic) bond motifs is 2. The number of nitrogens with zero attached hydrogens (tertiary/aromatic N) is 5. The van der Waals surface area contributed by atoms with Gasteiger partial charge in [0.15, 0.2) is 0 Å². The summed E-state index contributed by atoms with van der Waals surface area (Å²) in [4.78, 5) is 22.4. The third-order valence-corrected chi connectivity index (χ3v) is 7.28. The van der Waals surface area contributed by atoms with Crippen molar-refractivity contribution in [2.45, 2.75) is 47.0 Å². The summed E-state index contributed by atoms with van der Waals surface area (Å²) in [6.07, 6.45) is 13.5. The zero-order valence-corrected chi connectivity index (χ0v) is 20.3. The van der Waals surface area contributed by atoms with Gasteiger partial charge in [0.25, 0.3) is 5.91 Å². The number of carbonyl (C=O) groups is 1. The molecule has 0 radical (unpaired) electrons. The molecule has 6 nitrogen and oxygen atoms in total. The van der Waals surface area contributed by atoms with Crippen LogP contribution in [0.15, 0.2) is 53.5 Å². The number of hydrogen-bond acceptors (Lipinski definition) is 4. The average Bonchev–Trinajstić information content (AvgIpc) is 3.19. The second kappa shape index (κ2) is 8.41. The summed E-state index contributed by atoms with van der Waals surface area (Å²) in [5, 5.41) is 4.82. The van der Waals surface area contributed by atoms with Crippen molar-refractivity contribution in [3.63, 3.8) is 0 Å². The summed E-state index contributed by atoms with van der Waals surface area (Å²) in [5.41, 5.74) is 8.17. The number of likely N-dealkylation sites (tertiary alicyclic amines) is 1. The third-order valence-electron chi connectivity index (χ3n) is 7.28. The van der Waals surface area contributed by atoms with Gasteiger partial charge in [0.05, 0.1) is 28.8 Å². The van der Waals surface area contributed by atoms with Gasteiger partial charge in [-0.25, -0.2) is 4.52 Å². The van der Waals surface area contributed by atoms with E-state index in [1.54, 1.807) is 6.08 Å². The Morgan fingerprint density at radius 1 is 1.09 bits per heavy atom. The molecule has 0 bridgehead atoms. The average molecular weight is 444 g/mol. The molecule has 1 fully saturated rings. The maximum atomic E-state index is 13.6. The lowest BCUT2D eigenvalue weighted by atomic mass is 9.85. The van der Waals surface area contributed by atoms with Crippen LogP contribution in [0.2, 0.25) is 0 Å². The van der Waals surface area contributed by atoms with Crippen molar-refractivity contribution in [2.75, 3.05) is 20.1 Å². The first-order chi connectivity index (χ1) is 15.8. The number of aromatic nitrogens is 3. The van der Waals surface area contributed by atoms with Crippen molar-refractivity contribution in [1.82, 2.24) is 24.4 Å². The molecule has 2 aromatic heterocycles. The molecule has 5 rings (SSSR count). The third kappa shape index (κ3) is 4.08. The lowest BCUT2D eigenvalue weighted by Gasteiger charge is -2.34. The Bertz CT molecular complexity index is 1240. The smallest absolute Gasteiger partial charge is 0.255 e. The van der Waals surface area contributed by atoms with Crippen LogP contribution < -0.4 is 0 Å². The fourth-order valence-electron chi connectivity index (χ4n) is 5.30. The predicted octanol–water partition coefficient (Wildman–Crippen LogP) is 4.67. The normalized spacial score (nSPS) is 22.9. The number of allylic oxidation sites excluding steroid dienone is 5. The van der Waals surface area contributed by atoms with E-state index in [0.717, 1.165) is 66.2 Å². The van der Waals surface area contributed by atoms with E-state index < -0.39 is 0 Å². The Labute approximate surface area is 196 Å². The van der Waals surface area contributed by atoms with Gasteiger partial charge in [-0.05, 0) is 94.8 Å². The van der Waals surface area contributed by atoms with Crippen molar-refractivity contribution in [3.05, 3.63) is 70.6 Å². The summed E-state index contributed by atoms with van der Waals surface area (Å²) in [6, 6.07) is 2.06. The summed E-state index contributed by atoms with van der Waals surface area (Å²) < 4.78 is 1.89. The van der Waals surface area contributed by atoms with Gasteiger partial charge in [0, 0.05) is 18.0 Å². The van der Waals surface area contributed by atoms with Crippen LogP contribution in [0, 0.1) is 25.7 Å². The number of piperidine rings is 1. The SMILES string of the molecule is CC1=CC(C2CCN(C)CC2)=CN2C(=O)C=C(c3cc4c(C)nc(C)cn4n3)C(C)CC=C12. The van der Waals surface area contributed by atoms with Crippen molar-refractivity contribution in [3.8, 4) is 0 Å². The van der Waals surface area contributed by atoms with E-state index in [9.17, 15) is 4.79 Å². The number of amides is 1. The monoisotopic (exact) mass is 443 g/mol. The molecule has 5 heterocycles. The molecule has 0 N–H and O–H groups in total. The zero-order valence-electron chi connectivity index (χ0n) is 20.3. The van der Waals surface area contributed by atoms with Crippen LogP contribution in [0.5, 0.6) is 0 Å². The van der Waals surface area contributed by atoms with E-state index in [4.69, 9.17) is 5.10 Å². The molecule has 0 aliphatic carbocycles. The number of aryl methyl sites for hydroxylation is 2. The molecule has 3 aliphatic rings. The van der Waals surface area contributed by atoms with E-state index in [1.807, 2.05) is 29.5 Å². The molecule has 0 spiro atoms. The quantitative estimate of drug-likeness (QED) is 0.677. The van der Waals surface area contributed by atoms with E-state index in [2.05, 4.69) is 55.2 Å². The molecule has 6 heteroatoms. The second-order valence-electron chi connectivity index (χ2n) is 9.90. The topological polar surface area (TPSA) is 53.7 Å². The summed E-state index contributed by atoms with van der Waals surface area (Å²) >= 11 is 0. The van der Waals surface area contributed by atoms with Crippen LogP contribution in [0.4, 0.5) is 0 Å². The van der Waals surface area contributed by atoms with Crippen LogP contribution in [-0.4, -0.2) is 50.4 Å². The molecule has 33 heavy (non-hydrogen) atoms. The fraction of sp³-hybridized carbons (Fsp3) is 0.444. The Morgan fingerprint density at radius 3 is 2.61 bits per heavy atom. The summed E-state index contributed by atoms with van der Waals surface area (Å²) in [5.74, 6) is 0.703. The van der Waals surface area contributed by atoms with Crippen molar-refractivity contribution in [1.29, 1.82) is 0 Å². The van der Waals surface area contributed by atoms with Gasteiger partial charge in [0.2, 0.25) is 0 Å². The van der Waals surface area contributed by atoms with Gasteiger partial charge in [-0.2, -0.15) is 5.10 Å². The van der Waals surface area contributed by atoms with Crippen LogP contribution in [0.3, 0.4) is 0 Å². The van der Waals surface area contributed by atoms with Gasteiger partial charge < -0.3 is 4.90 Å². The highest BCUT2D eigenvalue weighted by atomic mass is 16.2. The molecule has 172 valence electrons. The van der Waals surface area contributed by atoms with E-state index in [0.29, 0.717) is 5.92 Å². The first-order valence-corrected chi connectivity index (χ1v) is 12.0. The Kier molecular flexibility index (Phi) is 5.57. The van der Waals surface area contributed by atoms with Gasteiger partial charge in [-0.15, -0.1) is 0 Å². The maximum Gasteiger partial charge on any atom is 0.255 e. The highest BCUT2D eigenvalue weighted by Gasteiger charge is 2.29. The molecule has 0 saturated carbocycles. The predicted molar refractivity (Wildman–Crippen MR) is 131 cm³/mol. The number of hydrogen-bond donors (Lipinski definition) is 0. The lowest BCUT2D eigenvalue weighted by molar-refractivity contribution is -0.122. The summed E-state index contributed by atoms with van der Waals surface area (Å²) in [7, 11) is 2.18. The molecule has 1 unspecified atom stereocenters. The number of rotatable bonds is 2. The summed E-state index contributed by atoms with van der Waals surface area (Å²) in [6.45, 7) is 10.5. The van der Waals surface area contributed by atoms with Crippen molar-refractivity contribution in [2.24, 2.45) is 11.8 Å². The van der Waals surface area contributed by atoms with Crippen LogP contribution in [0.25, 0.3) is 11.1 Å². The Hall–Kier alpha value is -2.99. The maximum absolute atomic E-state index is 13.6. The molecular formula is C27H33N5O. The van der Waals surface area contributed by atoms with Gasteiger partial charge in [0.1, 0.15) is 0 Å². The highest BCUT2D eigenvalue weighted by Crippen LogP contribution is 2.36. The second-order valence-corrected chi connectivity index (χ2v) is 9.90. The number of carbonyl (C=O) groups excluding carboxylic acids is 1.